The maximum absolute atomic E-state index is 6.21. The minimum absolute atomic E-state index is 0.617. The van der Waals surface area contributed by atoms with E-state index in [0.29, 0.717) is 5.95 Å². The molecule has 0 atom stereocenters. The molecular formula is C54H34N4O. The number of aromatic nitrogens is 4. The third-order valence-electron chi connectivity index (χ3n) is 11.7. The first-order valence-electron chi connectivity index (χ1n) is 19.9. The summed E-state index contributed by atoms with van der Waals surface area (Å²) in [5, 5.41) is 8.80. The fraction of sp³-hybridized carbons (Fsp3) is 0. The molecule has 276 valence electrons. The Kier molecular flexibility index (Phi) is 7.31. The Morgan fingerprint density at radius 3 is 2.03 bits per heavy atom. The first-order chi connectivity index (χ1) is 29.2. The van der Waals surface area contributed by atoms with Crippen molar-refractivity contribution in [2.75, 3.05) is 0 Å². The van der Waals surface area contributed by atoms with Crippen molar-refractivity contribution in [1.29, 1.82) is 0 Å². The van der Waals surface area contributed by atoms with Gasteiger partial charge in [0.2, 0.25) is 5.95 Å². The molecule has 0 amide bonds. The lowest BCUT2D eigenvalue weighted by Gasteiger charge is -2.15. The Morgan fingerprint density at radius 2 is 1.19 bits per heavy atom. The van der Waals surface area contributed by atoms with Gasteiger partial charge in [-0.3, -0.25) is 4.57 Å². The number of allylic oxidation sites excluding steroid dienone is 2. The highest BCUT2D eigenvalue weighted by Gasteiger charge is 2.22. The summed E-state index contributed by atoms with van der Waals surface area (Å²) in [5.41, 5.74) is 12.1. The van der Waals surface area contributed by atoms with Gasteiger partial charge < -0.3 is 8.98 Å². The molecule has 8 aromatic carbocycles. The zero-order valence-corrected chi connectivity index (χ0v) is 31.9. The lowest BCUT2D eigenvalue weighted by molar-refractivity contribution is 0.669. The number of benzene rings is 8. The molecule has 12 aromatic rings. The molecule has 4 heterocycles. The lowest BCUT2D eigenvalue weighted by Crippen LogP contribution is -2.04. The van der Waals surface area contributed by atoms with Crippen LogP contribution in [0.4, 0.5) is 0 Å². The summed E-state index contributed by atoms with van der Waals surface area (Å²) < 4.78 is 10.8. The quantitative estimate of drug-likeness (QED) is 0.159. The molecule has 0 unspecified atom stereocenters. The van der Waals surface area contributed by atoms with Crippen LogP contribution >= 0.6 is 0 Å². The summed E-state index contributed by atoms with van der Waals surface area (Å²) in [6, 6.07) is 63.8. The number of hydrogen-bond donors (Lipinski definition) is 0. The van der Waals surface area contributed by atoms with Gasteiger partial charge in [-0.1, -0.05) is 128 Å². The molecule has 0 saturated heterocycles. The molecule has 0 saturated carbocycles. The third kappa shape index (κ3) is 5.12. The Balaban J connectivity index is 1.12. The van der Waals surface area contributed by atoms with E-state index in [0.717, 1.165) is 105 Å². The van der Waals surface area contributed by atoms with Crippen molar-refractivity contribution >= 4 is 88.0 Å². The lowest BCUT2D eigenvalue weighted by atomic mass is 9.94. The highest BCUT2D eigenvalue weighted by molar-refractivity contribution is 6.21. The standard InChI is InChI=1S/C54H34N4O/c1-2-34(30-38-31-35-16-6-13-25-48(35)57(38)37-17-4-3-5-18-37)44-33-46-40-20-10-14-26-49(40)58(53(46)42-22-8-7-19-39(42)44)54-55-47-24-12-9-23-43(47)52(56-54)36-28-29-51-45(32-36)41-21-11-15-27-50(41)59-51/h2-33H,1H2/b34-30+. The molecule has 0 radical (unpaired) electrons. The fourth-order valence-corrected chi connectivity index (χ4v) is 9.08. The van der Waals surface area contributed by atoms with Crippen molar-refractivity contribution in [1.82, 2.24) is 19.1 Å². The molecule has 5 heteroatoms. The summed E-state index contributed by atoms with van der Waals surface area (Å²) in [4.78, 5) is 10.8. The van der Waals surface area contributed by atoms with Crippen LogP contribution in [0.25, 0.3) is 111 Å². The second-order valence-electron chi connectivity index (χ2n) is 15.0. The van der Waals surface area contributed by atoms with Gasteiger partial charge in [0.15, 0.2) is 0 Å². The summed E-state index contributed by atoms with van der Waals surface area (Å²) in [5.74, 6) is 0.617. The van der Waals surface area contributed by atoms with Crippen molar-refractivity contribution in [2.45, 2.75) is 0 Å². The molecule has 0 fully saturated rings. The molecule has 0 aliphatic rings. The molecular weight excluding hydrogens is 721 g/mol. The minimum Gasteiger partial charge on any atom is -0.456 e. The summed E-state index contributed by atoms with van der Waals surface area (Å²) in [7, 11) is 0. The molecule has 12 rings (SSSR count). The van der Waals surface area contributed by atoms with Gasteiger partial charge in [-0.25, -0.2) is 9.97 Å². The number of furan rings is 1. The second-order valence-corrected chi connectivity index (χ2v) is 15.0. The van der Waals surface area contributed by atoms with Crippen molar-refractivity contribution < 1.29 is 4.42 Å². The van der Waals surface area contributed by atoms with E-state index < -0.39 is 0 Å². The first-order valence-corrected chi connectivity index (χ1v) is 19.9. The maximum atomic E-state index is 6.21. The van der Waals surface area contributed by atoms with Gasteiger partial charge in [0.25, 0.3) is 0 Å². The smallest absolute Gasteiger partial charge is 0.235 e. The third-order valence-corrected chi connectivity index (χ3v) is 11.7. The van der Waals surface area contributed by atoms with Gasteiger partial charge in [-0.2, -0.15) is 0 Å². The number of hydrogen-bond acceptors (Lipinski definition) is 3. The molecule has 0 spiro atoms. The fourth-order valence-electron chi connectivity index (χ4n) is 9.08. The van der Waals surface area contributed by atoms with Crippen LogP contribution < -0.4 is 0 Å². The van der Waals surface area contributed by atoms with Crippen LogP contribution in [-0.4, -0.2) is 19.1 Å². The number of nitrogens with zero attached hydrogens (tertiary/aromatic N) is 4. The Bertz CT molecular complexity index is 3700. The van der Waals surface area contributed by atoms with Crippen LogP contribution in [0.2, 0.25) is 0 Å². The van der Waals surface area contributed by atoms with Crippen LogP contribution in [0.3, 0.4) is 0 Å². The summed E-state index contributed by atoms with van der Waals surface area (Å²) in [6.45, 7) is 4.38. The first kappa shape index (κ1) is 33.2. The van der Waals surface area contributed by atoms with Crippen LogP contribution in [0.5, 0.6) is 0 Å². The van der Waals surface area contributed by atoms with Crippen LogP contribution in [0, 0.1) is 0 Å². The summed E-state index contributed by atoms with van der Waals surface area (Å²) >= 11 is 0. The van der Waals surface area contributed by atoms with Crippen LogP contribution in [-0.2, 0) is 0 Å². The molecule has 4 aromatic heterocycles. The maximum Gasteiger partial charge on any atom is 0.235 e. The molecule has 0 bridgehead atoms. The predicted octanol–water partition coefficient (Wildman–Crippen LogP) is 14.1. The number of rotatable bonds is 6. The topological polar surface area (TPSA) is 48.8 Å². The van der Waals surface area contributed by atoms with Crippen LogP contribution in [0.15, 0.2) is 199 Å². The average molecular weight is 755 g/mol. The van der Waals surface area contributed by atoms with E-state index >= 15 is 0 Å². The monoisotopic (exact) mass is 754 g/mol. The Hall–Kier alpha value is -8.02. The van der Waals surface area contributed by atoms with E-state index in [1.807, 2.05) is 24.3 Å². The zero-order valence-electron chi connectivity index (χ0n) is 31.9. The van der Waals surface area contributed by atoms with Gasteiger partial charge in [-0.15, -0.1) is 0 Å². The van der Waals surface area contributed by atoms with E-state index in [4.69, 9.17) is 14.4 Å². The molecule has 0 N–H and O–H groups in total. The Labute approximate surface area is 339 Å². The molecule has 5 nitrogen and oxygen atoms in total. The van der Waals surface area contributed by atoms with E-state index in [2.05, 4.69) is 186 Å². The SMILES string of the molecule is C=C/C(=C\c1cc2ccccc2n1-c1ccccc1)c1cc2c3ccccc3n(-c3nc(-c4ccc5oc6ccccc6c5c4)c4ccccc4n3)c2c2ccccc12. The summed E-state index contributed by atoms with van der Waals surface area (Å²) in [6.07, 6.45) is 4.25. The van der Waals surface area contributed by atoms with Crippen molar-refractivity contribution in [3.05, 3.63) is 206 Å². The van der Waals surface area contributed by atoms with Crippen molar-refractivity contribution in [2.24, 2.45) is 0 Å². The highest BCUT2D eigenvalue weighted by atomic mass is 16.3. The largest absolute Gasteiger partial charge is 0.456 e. The number of para-hydroxylation sites is 5. The van der Waals surface area contributed by atoms with Gasteiger partial charge in [0.1, 0.15) is 11.2 Å². The second kappa shape index (κ2) is 13.0. The normalized spacial score (nSPS) is 12.2. The zero-order chi connectivity index (χ0) is 39.0. The van der Waals surface area contributed by atoms with Gasteiger partial charge in [0.05, 0.1) is 27.8 Å². The van der Waals surface area contributed by atoms with Gasteiger partial charge in [0, 0.05) is 54.6 Å². The van der Waals surface area contributed by atoms with Crippen molar-refractivity contribution in [3.63, 3.8) is 0 Å². The van der Waals surface area contributed by atoms with Gasteiger partial charge in [-0.05, 0) is 89.3 Å². The highest BCUT2D eigenvalue weighted by Crippen LogP contribution is 2.42. The van der Waals surface area contributed by atoms with E-state index in [9.17, 15) is 0 Å². The molecule has 0 aliphatic heterocycles. The molecule has 0 aliphatic carbocycles. The van der Waals surface area contributed by atoms with Gasteiger partial charge >= 0.3 is 0 Å². The predicted molar refractivity (Wildman–Crippen MR) is 245 cm³/mol. The van der Waals surface area contributed by atoms with E-state index in [1.54, 1.807) is 0 Å². The Morgan fingerprint density at radius 1 is 0.508 bits per heavy atom. The molecule has 59 heavy (non-hydrogen) atoms. The average Bonchev–Trinajstić information content (AvgIpc) is 3.97. The van der Waals surface area contributed by atoms with E-state index in [-0.39, 0.29) is 0 Å². The van der Waals surface area contributed by atoms with Crippen LogP contribution in [0.1, 0.15) is 11.3 Å². The minimum atomic E-state index is 0.617. The number of fused-ring (bicyclic) bond motifs is 10. The van der Waals surface area contributed by atoms with E-state index in [1.165, 1.54) is 5.39 Å². The van der Waals surface area contributed by atoms with Crippen molar-refractivity contribution in [3.8, 4) is 22.9 Å².